The van der Waals surface area contributed by atoms with Crippen molar-refractivity contribution in [2.24, 2.45) is 0 Å². The Hall–Kier alpha value is -1.56. The first kappa shape index (κ1) is 11.5. The molecule has 0 radical (unpaired) electrons. The molecule has 0 aliphatic rings. The number of amides is 1. The van der Waals surface area contributed by atoms with Gasteiger partial charge >= 0.3 is 0 Å². The molecule has 4 N–H and O–H groups in total. The molecule has 15 heavy (non-hydrogen) atoms. The zero-order valence-electron chi connectivity index (χ0n) is 8.73. The number of aromatic nitrogens is 2. The van der Waals surface area contributed by atoms with E-state index in [9.17, 15) is 4.79 Å². The Morgan fingerprint density at radius 2 is 2.47 bits per heavy atom. The summed E-state index contributed by atoms with van der Waals surface area (Å²) in [6.45, 7) is 2.86. The molecule has 1 amide bonds. The van der Waals surface area contributed by atoms with Gasteiger partial charge in [-0.1, -0.05) is 6.92 Å². The van der Waals surface area contributed by atoms with Crippen LogP contribution < -0.4 is 11.1 Å². The SMILES string of the molecule is CCCn1cc(N)c(C(=O)NCCO)n1. The van der Waals surface area contributed by atoms with Crippen molar-refractivity contribution in [1.82, 2.24) is 15.1 Å². The van der Waals surface area contributed by atoms with Crippen molar-refractivity contribution in [2.45, 2.75) is 19.9 Å². The van der Waals surface area contributed by atoms with Gasteiger partial charge in [0.15, 0.2) is 5.69 Å². The third-order valence-corrected chi connectivity index (χ3v) is 1.86. The molecule has 6 nitrogen and oxygen atoms in total. The van der Waals surface area contributed by atoms with Crippen molar-refractivity contribution in [3.05, 3.63) is 11.9 Å². The highest BCUT2D eigenvalue weighted by atomic mass is 16.3. The number of nitrogens with one attached hydrogen (secondary N) is 1. The second kappa shape index (κ2) is 5.35. The normalized spacial score (nSPS) is 10.3. The van der Waals surface area contributed by atoms with E-state index in [4.69, 9.17) is 10.8 Å². The number of carbonyl (C=O) groups is 1. The quantitative estimate of drug-likeness (QED) is 0.619. The van der Waals surface area contributed by atoms with Gasteiger partial charge in [0, 0.05) is 19.3 Å². The fourth-order valence-electron chi connectivity index (χ4n) is 1.21. The molecule has 0 fully saturated rings. The van der Waals surface area contributed by atoms with Gasteiger partial charge in [-0.15, -0.1) is 0 Å². The number of hydrogen-bond acceptors (Lipinski definition) is 4. The van der Waals surface area contributed by atoms with Crippen LogP contribution in [0.25, 0.3) is 0 Å². The summed E-state index contributed by atoms with van der Waals surface area (Å²) < 4.78 is 1.64. The van der Waals surface area contributed by atoms with Gasteiger partial charge in [-0.25, -0.2) is 0 Å². The summed E-state index contributed by atoms with van der Waals surface area (Å²) in [7, 11) is 0. The number of aliphatic hydroxyl groups excluding tert-OH is 1. The van der Waals surface area contributed by atoms with Crippen LogP contribution >= 0.6 is 0 Å². The molecule has 1 rings (SSSR count). The van der Waals surface area contributed by atoms with Crippen LogP contribution in [0.3, 0.4) is 0 Å². The summed E-state index contributed by atoms with van der Waals surface area (Å²) in [6.07, 6.45) is 2.57. The summed E-state index contributed by atoms with van der Waals surface area (Å²) >= 11 is 0. The lowest BCUT2D eigenvalue weighted by molar-refractivity contribution is 0.0939. The van der Waals surface area contributed by atoms with Crippen LogP contribution in [0.5, 0.6) is 0 Å². The molecule has 0 saturated carbocycles. The maximum Gasteiger partial charge on any atom is 0.274 e. The third kappa shape index (κ3) is 2.95. The highest BCUT2D eigenvalue weighted by Crippen LogP contribution is 2.08. The number of nitrogen functional groups attached to an aromatic ring is 1. The molecule has 0 unspecified atom stereocenters. The Kier molecular flexibility index (Phi) is 4.11. The van der Waals surface area contributed by atoms with E-state index >= 15 is 0 Å². The summed E-state index contributed by atoms with van der Waals surface area (Å²) in [5, 5.41) is 15.1. The van der Waals surface area contributed by atoms with E-state index in [-0.39, 0.29) is 24.8 Å². The van der Waals surface area contributed by atoms with Crippen molar-refractivity contribution in [3.8, 4) is 0 Å². The van der Waals surface area contributed by atoms with Gasteiger partial charge in [0.1, 0.15) is 0 Å². The largest absolute Gasteiger partial charge is 0.396 e. The lowest BCUT2D eigenvalue weighted by Gasteiger charge is -2.00. The van der Waals surface area contributed by atoms with Gasteiger partial charge in [0.05, 0.1) is 12.3 Å². The fourth-order valence-corrected chi connectivity index (χ4v) is 1.21. The van der Waals surface area contributed by atoms with Crippen LogP contribution in [0.15, 0.2) is 6.20 Å². The topological polar surface area (TPSA) is 93.2 Å². The van der Waals surface area contributed by atoms with Crippen LogP contribution in [0.1, 0.15) is 23.8 Å². The lowest BCUT2D eigenvalue weighted by Crippen LogP contribution is -2.27. The molecule has 0 aliphatic carbocycles. The zero-order chi connectivity index (χ0) is 11.3. The first-order valence-corrected chi connectivity index (χ1v) is 4.91. The molecule has 1 aromatic heterocycles. The molecule has 0 saturated heterocycles. The Labute approximate surface area is 88.1 Å². The number of carbonyl (C=O) groups excluding carboxylic acids is 1. The highest BCUT2D eigenvalue weighted by Gasteiger charge is 2.13. The molecule has 0 bridgehead atoms. The van der Waals surface area contributed by atoms with Gasteiger partial charge in [-0.05, 0) is 6.42 Å². The van der Waals surface area contributed by atoms with E-state index in [1.54, 1.807) is 10.9 Å². The van der Waals surface area contributed by atoms with Crippen LogP contribution in [0.4, 0.5) is 5.69 Å². The van der Waals surface area contributed by atoms with E-state index in [0.29, 0.717) is 5.69 Å². The van der Waals surface area contributed by atoms with E-state index in [2.05, 4.69) is 10.4 Å². The molecule has 1 heterocycles. The zero-order valence-corrected chi connectivity index (χ0v) is 8.73. The molecular formula is C9H16N4O2. The number of anilines is 1. The van der Waals surface area contributed by atoms with Gasteiger partial charge in [0.2, 0.25) is 0 Å². The van der Waals surface area contributed by atoms with E-state index in [1.165, 1.54) is 0 Å². The van der Waals surface area contributed by atoms with Crippen LogP contribution in [-0.2, 0) is 6.54 Å². The molecular weight excluding hydrogens is 196 g/mol. The number of nitrogens with two attached hydrogens (primary N) is 1. The van der Waals surface area contributed by atoms with Gasteiger partial charge in [-0.2, -0.15) is 5.10 Å². The Morgan fingerprint density at radius 3 is 3.07 bits per heavy atom. The van der Waals surface area contributed by atoms with E-state index in [1.807, 2.05) is 6.92 Å². The molecule has 6 heteroatoms. The minimum atomic E-state index is -0.351. The summed E-state index contributed by atoms with van der Waals surface area (Å²) in [4.78, 5) is 11.5. The Morgan fingerprint density at radius 1 is 1.73 bits per heavy atom. The van der Waals surface area contributed by atoms with Crippen molar-refractivity contribution in [3.63, 3.8) is 0 Å². The molecule has 0 spiro atoms. The van der Waals surface area contributed by atoms with Crippen molar-refractivity contribution < 1.29 is 9.90 Å². The molecule has 0 aliphatic heterocycles. The third-order valence-electron chi connectivity index (χ3n) is 1.86. The van der Waals surface area contributed by atoms with Crippen LogP contribution in [0, 0.1) is 0 Å². The standard InChI is InChI=1S/C9H16N4O2/c1-2-4-13-6-7(10)8(12-13)9(15)11-3-5-14/h6,14H,2-5,10H2,1H3,(H,11,15). The number of hydrogen-bond donors (Lipinski definition) is 3. The van der Waals surface area contributed by atoms with Gasteiger partial charge in [0.25, 0.3) is 5.91 Å². The average Bonchev–Trinajstić information content (AvgIpc) is 2.57. The average molecular weight is 212 g/mol. The number of aryl methyl sites for hydroxylation is 1. The Bertz CT molecular complexity index is 335. The first-order chi connectivity index (χ1) is 7.19. The maximum absolute atomic E-state index is 11.5. The predicted molar refractivity (Wildman–Crippen MR) is 56.3 cm³/mol. The number of aliphatic hydroxyl groups is 1. The summed E-state index contributed by atoms with van der Waals surface area (Å²) in [6, 6.07) is 0. The first-order valence-electron chi connectivity index (χ1n) is 4.91. The minimum Gasteiger partial charge on any atom is -0.396 e. The summed E-state index contributed by atoms with van der Waals surface area (Å²) in [5.41, 5.74) is 6.22. The van der Waals surface area contributed by atoms with Crippen molar-refractivity contribution in [2.75, 3.05) is 18.9 Å². The second-order valence-corrected chi connectivity index (χ2v) is 3.18. The number of rotatable bonds is 5. The number of nitrogens with zero attached hydrogens (tertiary/aromatic N) is 2. The van der Waals surface area contributed by atoms with Gasteiger partial charge in [-0.3, -0.25) is 9.48 Å². The van der Waals surface area contributed by atoms with E-state index in [0.717, 1.165) is 13.0 Å². The predicted octanol–water partition coefficient (Wildman–Crippen LogP) is -0.403. The van der Waals surface area contributed by atoms with Crippen LogP contribution in [-0.4, -0.2) is 33.9 Å². The smallest absolute Gasteiger partial charge is 0.274 e. The molecule has 0 aromatic carbocycles. The van der Waals surface area contributed by atoms with E-state index < -0.39 is 0 Å². The maximum atomic E-state index is 11.5. The van der Waals surface area contributed by atoms with Gasteiger partial charge < -0.3 is 16.2 Å². The van der Waals surface area contributed by atoms with Crippen molar-refractivity contribution in [1.29, 1.82) is 0 Å². The van der Waals surface area contributed by atoms with Crippen LogP contribution in [0.2, 0.25) is 0 Å². The van der Waals surface area contributed by atoms with Crippen molar-refractivity contribution >= 4 is 11.6 Å². The molecule has 0 atom stereocenters. The fraction of sp³-hybridized carbons (Fsp3) is 0.556. The molecule has 84 valence electrons. The Balaban J connectivity index is 2.71. The highest BCUT2D eigenvalue weighted by molar-refractivity contribution is 5.96. The monoisotopic (exact) mass is 212 g/mol. The second-order valence-electron chi connectivity index (χ2n) is 3.18. The lowest BCUT2D eigenvalue weighted by atomic mass is 10.3. The minimum absolute atomic E-state index is 0.0959. The molecule has 1 aromatic rings. The summed E-state index contributed by atoms with van der Waals surface area (Å²) in [5.74, 6) is -0.351.